The summed E-state index contributed by atoms with van der Waals surface area (Å²) in [7, 11) is 0. The van der Waals surface area contributed by atoms with Crippen LogP contribution in [0.3, 0.4) is 0 Å². The van der Waals surface area contributed by atoms with Crippen molar-refractivity contribution in [1.29, 1.82) is 0 Å². The smallest absolute Gasteiger partial charge is 0.138 e. The van der Waals surface area contributed by atoms with E-state index < -0.39 is 0 Å². The molecule has 2 aromatic heterocycles. The Morgan fingerprint density at radius 1 is 1.25 bits per heavy atom. The molecule has 0 radical (unpaired) electrons. The summed E-state index contributed by atoms with van der Waals surface area (Å²) in [5, 5.41) is 3.62. The van der Waals surface area contributed by atoms with Crippen molar-refractivity contribution in [2.75, 3.05) is 5.32 Å². The van der Waals surface area contributed by atoms with Crippen molar-refractivity contribution in [1.82, 2.24) is 9.38 Å². The van der Waals surface area contributed by atoms with Crippen LogP contribution < -0.4 is 5.32 Å². The SMILES string of the molecule is CCCCCc1nc2cc(C)ccn2c1NC(C)(C)C. The summed E-state index contributed by atoms with van der Waals surface area (Å²) in [6, 6.07) is 4.29. The molecule has 0 aliphatic rings. The van der Waals surface area contributed by atoms with Gasteiger partial charge in [-0.25, -0.2) is 4.98 Å². The predicted octanol–water partition coefficient (Wildman–Crippen LogP) is 4.59. The van der Waals surface area contributed by atoms with Gasteiger partial charge in [-0.05, 0) is 58.2 Å². The van der Waals surface area contributed by atoms with Crippen molar-refractivity contribution in [3.8, 4) is 0 Å². The van der Waals surface area contributed by atoms with Crippen LogP contribution in [0, 0.1) is 6.92 Å². The quantitative estimate of drug-likeness (QED) is 0.808. The standard InChI is InChI=1S/C17H27N3/c1-6-7-8-9-14-16(19-17(3,4)5)20-11-10-13(2)12-15(20)18-14/h10-12,19H,6-9H2,1-5H3. The van der Waals surface area contributed by atoms with Crippen LogP contribution in [0.5, 0.6) is 0 Å². The largest absolute Gasteiger partial charge is 0.365 e. The minimum absolute atomic E-state index is 0.0420. The van der Waals surface area contributed by atoms with Crippen LogP contribution in [-0.4, -0.2) is 14.9 Å². The lowest BCUT2D eigenvalue weighted by molar-refractivity contribution is 0.625. The minimum atomic E-state index is 0.0420. The molecule has 0 atom stereocenters. The van der Waals surface area contributed by atoms with Crippen LogP contribution in [-0.2, 0) is 6.42 Å². The third-order valence-corrected chi connectivity index (χ3v) is 3.36. The molecule has 0 aliphatic carbocycles. The Labute approximate surface area is 122 Å². The van der Waals surface area contributed by atoms with E-state index in [9.17, 15) is 0 Å². The van der Waals surface area contributed by atoms with E-state index in [1.54, 1.807) is 0 Å². The molecule has 20 heavy (non-hydrogen) atoms. The van der Waals surface area contributed by atoms with Crippen molar-refractivity contribution < 1.29 is 0 Å². The average molecular weight is 273 g/mol. The molecule has 0 saturated heterocycles. The normalized spacial score (nSPS) is 12.1. The van der Waals surface area contributed by atoms with Gasteiger partial charge in [0, 0.05) is 11.7 Å². The molecule has 2 heterocycles. The van der Waals surface area contributed by atoms with Gasteiger partial charge >= 0.3 is 0 Å². The number of pyridine rings is 1. The Balaban J connectivity index is 2.39. The summed E-state index contributed by atoms with van der Waals surface area (Å²) in [5.74, 6) is 1.16. The third kappa shape index (κ3) is 3.53. The number of fused-ring (bicyclic) bond motifs is 1. The molecule has 2 aromatic rings. The van der Waals surface area contributed by atoms with Gasteiger partial charge in [0.25, 0.3) is 0 Å². The number of aromatic nitrogens is 2. The van der Waals surface area contributed by atoms with Gasteiger partial charge in [0.05, 0.1) is 5.69 Å². The number of unbranched alkanes of at least 4 members (excludes halogenated alkanes) is 2. The Morgan fingerprint density at radius 3 is 2.65 bits per heavy atom. The summed E-state index contributed by atoms with van der Waals surface area (Å²) in [6.45, 7) is 10.9. The molecule has 0 unspecified atom stereocenters. The van der Waals surface area contributed by atoms with E-state index in [1.165, 1.54) is 30.5 Å². The number of rotatable bonds is 5. The average Bonchev–Trinajstić information content (AvgIpc) is 2.65. The van der Waals surface area contributed by atoms with E-state index >= 15 is 0 Å². The lowest BCUT2D eigenvalue weighted by atomic mass is 10.1. The van der Waals surface area contributed by atoms with Crippen LogP contribution in [0.2, 0.25) is 0 Å². The van der Waals surface area contributed by atoms with Crippen molar-refractivity contribution >= 4 is 11.5 Å². The van der Waals surface area contributed by atoms with Crippen LogP contribution in [0.1, 0.15) is 58.2 Å². The van der Waals surface area contributed by atoms with Crippen LogP contribution in [0.15, 0.2) is 18.3 Å². The summed E-state index contributed by atoms with van der Waals surface area (Å²) >= 11 is 0. The topological polar surface area (TPSA) is 29.3 Å². The molecule has 3 heteroatoms. The fourth-order valence-electron chi connectivity index (χ4n) is 2.40. The maximum atomic E-state index is 4.83. The van der Waals surface area contributed by atoms with Crippen molar-refractivity contribution in [3.63, 3.8) is 0 Å². The number of hydrogen-bond acceptors (Lipinski definition) is 2. The Kier molecular flexibility index (Phi) is 4.36. The van der Waals surface area contributed by atoms with Gasteiger partial charge in [-0.2, -0.15) is 0 Å². The molecule has 0 spiro atoms. The number of imidazole rings is 1. The molecule has 1 N–H and O–H groups in total. The van der Waals surface area contributed by atoms with E-state index in [4.69, 9.17) is 4.98 Å². The molecule has 0 aliphatic heterocycles. The van der Waals surface area contributed by atoms with E-state index in [0.29, 0.717) is 0 Å². The van der Waals surface area contributed by atoms with E-state index in [2.05, 4.69) is 62.7 Å². The number of aryl methyl sites for hydroxylation is 2. The summed E-state index contributed by atoms with van der Waals surface area (Å²) in [5.41, 5.74) is 3.53. The first-order valence-corrected chi connectivity index (χ1v) is 7.66. The fraction of sp³-hybridized carbons (Fsp3) is 0.588. The first kappa shape index (κ1) is 14.9. The second kappa shape index (κ2) is 5.86. The monoisotopic (exact) mass is 273 g/mol. The second-order valence-corrected chi connectivity index (χ2v) is 6.67. The summed E-state index contributed by atoms with van der Waals surface area (Å²) in [6.07, 6.45) is 6.89. The van der Waals surface area contributed by atoms with Gasteiger partial charge < -0.3 is 5.32 Å². The van der Waals surface area contributed by atoms with Crippen molar-refractivity contribution in [2.24, 2.45) is 0 Å². The molecule has 3 nitrogen and oxygen atoms in total. The molecule has 110 valence electrons. The lowest BCUT2D eigenvalue weighted by Gasteiger charge is -2.22. The van der Waals surface area contributed by atoms with Gasteiger partial charge in [0.15, 0.2) is 0 Å². The highest BCUT2D eigenvalue weighted by Gasteiger charge is 2.17. The van der Waals surface area contributed by atoms with Gasteiger partial charge in [0.2, 0.25) is 0 Å². The maximum Gasteiger partial charge on any atom is 0.138 e. The Morgan fingerprint density at radius 2 is 2.00 bits per heavy atom. The predicted molar refractivity (Wildman–Crippen MR) is 86.5 cm³/mol. The number of hydrogen-bond donors (Lipinski definition) is 1. The van der Waals surface area contributed by atoms with Gasteiger partial charge in [0.1, 0.15) is 11.5 Å². The molecular formula is C17H27N3. The molecule has 0 saturated carbocycles. The molecule has 0 bridgehead atoms. The third-order valence-electron chi connectivity index (χ3n) is 3.36. The second-order valence-electron chi connectivity index (χ2n) is 6.67. The maximum absolute atomic E-state index is 4.83. The highest BCUT2D eigenvalue weighted by molar-refractivity contribution is 5.57. The Bertz CT molecular complexity index is 576. The molecule has 0 amide bonds. The zero-order chi connectivity index (χ0) is 14.8. The first-order chi connectivity index (χ1) is 9.40. The zero-order valence-electron chi connectivity index (χ0n) is 13.5. The molecule has 0 fully saturated rings. The van der Waals surface area contributed by atoms with E-state index in [-0.39, 0.29) is 5.54 Å². The molecular weight excluding hydrogens is 246 g/mol. The van der Waals surface area contributed by atoms with Gasteiger partial charge in [-0.1, -0.05) is 19.8 Å². The number of nitrogens with one attached hydrogen (secondary N) is 1. The fourth-order valence-corrected chi connectivity index (χ4v) is 2.40. The van der Waals surface area contributed by atoms with Crippen LogP contribution in [0.25, 0.3) is 5.65 Å². The Hall–Kier alpha value is -1.51. The van der Waals surface area contributed by atoms with Crippen LogP contribution in [0.4, 0.5) is 5.82 Å². The first-order valence-electron chi connectivity index (χ1n) is 7.66. The summed E-state index contributed by atoms with van der Waals surface area (Å²) < 4.78 is 2.18. The zero-order valence-corrected chi connectivity index (χ0v) is 13.5. The van der Waals surface area contributed by atoms with Crippen LogP contribution >= 0.6 is 0 Å². The number of anilines is 1. The molecule has 2 rings (SSSR count). The van der Waals surface area contributed by atoms with Crippen molar-refractivity contribution in [3.05, 3.63) is 29.6 Å². The molecule has 0 aromatic carbocycles. The number of nitrogens with zero attached hydrogens (tertiary/aromatic N) is 2. The van der Waals surface area contributed by atoms with Crippen molar-refractivity contribution in [2.45, 2.75) is 65.8 Å². The van der Waals surface area contributed by atoms with Gasteiger partial charge in [-0.15, -0.1) is 0 Å². The summed E-state index contributed by atoms with van der Waals surface area (Å²) in [4.78, 5) is 4.83. The van der Waals surface area contributed by atoms with E-state index in [0.717, 1.165) is 17.9 Å². The highest BCUT2D eigenvalue weighted by atomic mass is 15.2. The lowest BCUT2D eigenvalue weighted by Crippen LogP contribution is -2.27. The minimum Gasteiger partial charge on any atom is -0.365 e. The van der Waals surface area contributed by atoms with E-state index in [1.807, 2.05) is 0 Å². The van der Waals surface area contributed by atoms with Gasteiger partial charge in [-0.3, -0.25) is 4.40 Å². The highest BCUT2D eigenvalue weighted by Crippen LogP contribution is 2.24.